The molecule has 0 amide bonds. The van der Waals surface area contributed by atoms with Crippen LogP contribution in [0.15, 0.2) is 59.7 Å². The zero-order valence-corrected chi connectivity index (χ0v) is 17.1. The summed E-state index contributed by atoms with van der Waals surface area (Å²) in [6.07, 6.45) is 6.75. The van der Waals surface area contributed by atoms with E-state index in [1.165, 1.54) is 31.2 Å². The first-order valence-electron chi connectivity index (χ1n) is 10.5. The Kier molecular flexibility index (Phi) is 7.43. The van der Waals surface area contributed by atoms with Crippen LogP contribution in [0.2, 0.25) is 0 Å². The zero-order valence-electron chi connectivity index (χ0n) is 17.1. The van der Waals surface area contributed by atoms with E-state index in [1.807, 2.05) is 24.4 Å². The summed E-state index contributed by atoms with van der Waals surface area (Å²) in [4.78, 5) is 9.08. The molecule has 1 saturated carbocycles. The van der Waals surface area contributed by atoms with E-state index < -0.39 is 0 Å². The van der Waals surface area contributed by atoms with Crippen LogP contribution in [0.3, 0.4) is 0 Å². The van der Waals surface area contributed by atoms with Crippen molar-refractivity contribution in [2.75, 3.05) is 13.1 Å². The number of guanidine groups is 1. The summed E-state index contributed by atoms with van der Waals surface area (Å²) in [6.45, 7) is 6.65. The van der Waals surface area contributed by atoms with Crippen LogP contribution in [0.25, 0.3) is 0 Å². The maximum Gasteiger partial charge on any atom is 0.191 e. The van der Waals surface area contributed by atoms with Crippen LogP contribution in [0, 0.1) is 0 Å². The molecule has 28 heavy (non-hydrogen) atoms. The molecule has 0 bridgehead atoms. The zero-order chi connectivity index (χ0) is 19.7. The molecule has 0 saturated heterocycles. The molecule has 2 aromatic rings. The average Bonchev–Trinajstić information content (AvgIpc) is 3.20. The minimum Gasteiger partial charge on any atom is -0.357 e. The van der Waals surface area contributed by atoms with Gasteiger partial charge in [-0.3, -0.25) is 4.98 Å². The van der Waals surface area contributed by atoms with Crippen molar-refractivity contribution in [2.24, 2.45) is 4.99 Å². The molecular weight excluding hydrogens is 346 g/mol. The Labute approximate surface area is 169 Å². The first-order valence-corrected chi connectivity index (χ1v) is 10.5. The second kappa shape index (κ2) is 10.2. The molecule has 1 aromatic carbocycles. The Morgan fingerprint density at radius 2 is 1.82 bits per heavy atom. The van der Waals surface area contributed by atoms with Crippen molar-refractivity contribution in [3.63, 3.8) is 0 Å². The normalized spacial score (nSPS) is 17.3. The number of nitrogens with one attached hydrogen (secondary N) is 3. The van der Waals surface area contributed by atoms with Crippen molar-refractivity contribution in [3.8, 4) is 0 Å². The van der Waals surface area contributed by atoms with Gasteiger partial charge >= 0.3 is 0 Å². The Morgan fingerprint density at radius 3 is 2.50 bits per heavy atom. The Bertz CT molecular complexity index is 723. The quantitative estimate of drug-likeness (QED) is 0.482. The predicted octanol–water partition coefficient (Wildman–Crippen LogP) is 3.80. The number of rotatable bonds is 8. The maximum atomic E-state index is 4.72. The average molecular weight is 380 g/mol. The Hall–Kier alpha value is -2.40. The fraction of sp³-hybridized carbons (Fsp3) is 0.478. The summed E-state index contributed by atoms with van der Waals surface area (Å²) in [6, 6.07) is 17.0. The van der Waals surface area contributed by atoms with Crippen molar-refractivity contribution >= 4 is 5.96 Å². The summed E-state index contributed by atoms with van der Waals surface area (Å²) in [5.41, 5.74) is 2.42. The second-order valence-electron chi connectivity index (χ2n) is 7.63. The smallest absolute Gasteiger partial charge is 0.191 e. The summed E-state index contributed by atoms with van der Waals surface area (Å²) in [5, 5.41) is 10.9. The van der Waals surface area contributed by atoms with Crippen molar-refractivity contribution in [1.82, 2.24) is 20.9 Å². The molecule has 1 atom stereocenters. The van der Waals surface area contributed by atoms with Crippen molar-refractivity contribution < 1.29 is 0 Å². The highest BCUT2D eigenvalue weighted by atomic mass is 15.2. The van der Waals surface area contributed by atoms with Gasteiger partial charge in [-0.2, -0.15) is 0 Å². The number of nitrogens with zero attached hydrogens (tertiary/aromatic N) is 2. The van der Waals surface area contributed by atoms with E-state index in [1.54, 1.807) is 0 Å². The predicted molar refractivity (Wildman–Crippen MR) is 116 cm³/mol. The van der Waals surface area contributed by atoms with Gasteiger partial charge in [0.25, 0.3) is 0 Å². The van der Waals surface area contributed by atoms with E-state index >= 15 is 0 Å². The fourth-order valence-electron chi connectivity index (χ4n) is 3.95. The molecule has 1 heterocycles. The van der Waals surface area contributed by atoms with E-state index in [9.17, 15) is 0 Å². The summed E-state index contributed by atoms with van der Waals surface area (Å²) in [5.74, 6) is 0.855. The topological polar surface area (TPSA) is 61.3 Å². The van der Waals surface area contributed by atoms with Gasteiger partial charge in [-0.25, -0.2) is 4.99 Å². The molecule has 1 unspecified atom stereocenters. The summed E-state index contributed by atoms with van der Waals surface area (Å²) in [7, 11) is 0. The van der Waals surface area contributed by atoms with Crippen LogP contribution in [0.5, 0.6) is 0 Å². The number of benzene rings is 1. The van der Waals surface area contributed by atoms with Crippen LogP contribution in [-0.2, 0) is 6.54 Å². The van der Waals surface area contributed by atoms with Crippen molar-refractivity contribution in [3.05, 3.63) is 66.0 Å². The third kappa shape index (κ3) is 5.80. The van der Waals surface area contributed by atoms with Crippen LogP contribution in [-0.4, -0.2) is 29.6 Å². The largest absolute Gasteiger partial charge is 0.357 e. The van der Waals surface area contributed by atoms with Gasteiger partial charge in [-0.15, -0.1) is 0 Å². The van der Waals surface area contributed by atoms with Gasteiger partial charge in [0.15, 0.2) is 5.96 Å². The number of hydrogen-bond acceptors (Lipinski definition) is 3. The lowest BCUT2D eigenvalue weighted by molar-refractivity contribution is 0.297. The van der Waals surface area contributed by atoms with E-state index in [0.717, 1.165) is 24.7 Å². The molecule has 3 N–H and O–H groups in total. The molecule has 0 aliphatic heterocycles. The molecular formula is C23H33N5. The highest BCUT2D eigenvalue weighted by Gasteiger charge is 2.35. The third-order valence-corrected chi connectivity index (χ3v) is 5.45. The van der Waals surface area contributed by atoms with Gasteiger partial charge in [0.05, 0.1) is 12.2 Å². The molecule has 1 fully saturated rings. The van der Waals surface area contributed by atoms with Gasteiger partial charge in [0.1, 0.15) is 0 Å². The molecule has 1 aromatic heterocycles. The molecule has 150 valence electrons. The van der Waals surface area contributed by atoms with E-state index in [4.69, 9.17) is 4.99 Å². The summed E-state index contributed by atoms with van der Waals surface area (Å²) >= 11 is 0. The SMILES string of the molecule is CCNC(=NCc1ccccn1)NCC1(NC(C)c2ccccc2)CCCC1. The lowest BCUT2D eigenvalue weighted by atomic mass is 9.94. The first kappa shape index (κ1) is 20.3. The molecule has 0 spiro atoms. The number of hydrogen-bond donors (Lipinski definition) is 3. The Balaban J connectivity index is 1.63. The van der Waals surface area contributed by atoms with E-state index in [0.29, 0.717) is 12.6 Å². The minimum absolute atomic E-state index is 0.108. The maximum absolute atomic E-state index is 4.72. The van der Waals surface area contributed by atoms with Crippen molar-refractivity contribution in [1.29, 1.82) is 0 Å². The highest BCUT2D eigenvalue weighted by Crippen LogP contribution is 2.31. The molecule has 1 aliphatic rings. The molecule has 0 radical (unpaired) electrons. The number of pyridine rings is 1. The van der Waals surface area contributed by atoms with Crippen LogP contribution < -0.4 is 16.0 Å². The van der Waals surface area contributed by atoms with E-state index in [2.05, 4.69) is 65.1 Å². The van der Waals surface area contributed by atoms with Crippen LogP contribution in [0.4, 0.5) is 0 Å². The van der Waals surface area contributed by atoms with Gasteiger partial charge in [-0.1, -0.05) is 49.2 Å². The van der Waals surface area contributed by atoms with Crippen molar-refractivity contribution in [2.45, 2.75) is 57.7 Å². The lowest BCUT2D eigenvalue weighted by Crippen LogP contribution is -2.54. The first-order chi connectivity index (χ1) is 13.7. The molecule has 5 heteroatoms. The van der Waals surface area contributed by atoms with Crippen LogP contribution >= 0.6 is 0 Å². The number of aliphatic imine (C=N–C) groups is 1. The second-order valence-corrected chi connectivity index (χ2v) is 7.63. The van der Waals surface area contributed by atoms with Crippen LogP contribution in [0.1, 0.15) is 56.8 Å². The van der Waals surface area contributed by atoms with Gasteiger partial charge in [0, 0.05) is 30.9 Å². The summed E-state index contributed by atoms with van der Waals surface area (Å²) < 4.78 is 0. The third-order valence-electron chi connectivity index (χ3n) is 5.45. The van der Waals surface area contributed by atoms with Gasteiger partial charge in [0.2, 0.25) is 0 Å². The van der Waals surface area contributed by atoms with Gasteiger partial charge < -0.3 is 16.0 Å². The van der Waals surface area contributed by atoms with E-state index in [-0.39, 0.29) is 5.54 Å². The number of aromatic nitrogens is 1. The van der Waals surface area contributed by atoms with Gasteiger partial charge in [-0.05, 0) is 44.4 Å². The molecule has 5 nitrogen and oxygen atoms in total. The monoisotopic (exact) mass is 379 g/mol. The fourth-order valence-corrected chi connectivity index (χ4v) is 3.95. The molecule has 3 rings (SSSR count). The highest BCUT2D eigenvalue weighted by molar-refractivity contribution is 5.79. The Morgan fingerprint density at radius 1 is 1.07 bits per heavy atom. The minimum atomic E-state index is 0.108. The lowest BCUT2D eigenvalue weighted by Gasteiger charge is -2.35. The molecule has 1 aliphatic carbocycles. The standard InChI is InChI=1S/C23H33N5/c1-3-24-22(26-17-21-13-7-10-16-25-21)27-18-23(14-8-9-15-23)28-19(2)20-11-5-4-6-12-20/h4-7,10-13,16,19,28H,3,8-9,14-15,17-18H2,1-2H3,(H2,24,26,27).